The molecule has 0 N–H and O–H groups in total. The van der Waals surface area contributed by atoms with Gasteiger partial charge in [-0.1, -0.05) is 56.3 Å². The van der Waals surface area contributed by atoms with Gasteiger partial charge in [0.1, 0.15) is 0 Å². The van der Waals surface area contributed by atoms with Gasteiger partial charge in [-0.3, -0.25) is 9.98 Å². The van der Waals surface area contributed by atoms with Crippen LogP contribution in [0.1, 0.15) is 61.7 Å². The molecule has 2 aromatic carbocycles. The molecule has 1 heterocycles. The molecule has 0 bridgehead atoms. The zero-order valence-electron chi connectivity index (χ0n) is 18.2. The number of hydrogen-bond donors (Lipinski definition) is 0. The number of benzene rings is 2. The Balaban J connectivity index is 1.97. The first-order chi connectivity index (χ1) is 13.9. The Morgan fingerprint density at radius 3 is 1.90 bits per heavy atom. The molecule has 3 aromatic rings. The van der Waals surface area contributed by atoms with E-state index >= 15 is 0 Å². The van der Waals surface area contributed by atoms with E-state index in [1.165, 1.54) is 16.7 Å². The molecule has 0 saturated heterocycles. The average Bonchev–Trinajstić information content (AvgIpc) is 2.71. The predicted octanol–water partition coefficient (Wildman–Crippen LogP) is 7.10. The van der Waals surface area contributed by atoms with Crippen molar-refractivity contribution >= 4 is 22.8 Å². The van der Waals surface area contributed by atoms with Crippen LogP contribution in [-0.4, -0.2) is 16.4 Å². The van der Waals surface area contributed by atoms with Gasteiger partial charge in [-0.05, 0) is 68.5 Å². The van der Waals surface area contributed by atoms with Crippen LogP contribution in [0.2, 0.25) is 0 Å². The highest BCUT2D eigenvalue weighted by Crippen LogP contribution is 2.27. The number of aliphatic imine (C=N–C) groups is 2. The summed E-state index contributed by atoms with van der Waals surface area (Å²) in [7, 11) is 0. The lowest BCUT2D eigenvalue weighted by atomic mass is 10.0. The van der Waals surface area contributed by atoms with Crippen LogP contribution in [0.5, 0.6) is 0 Å². The molecule has 0 unspecified atom stereocenters. The summed E-state index contributed by atoms with van der Waals surface area (Å²) in [6.07, 6.45) is 0. The zero-order valence-corrected chi connectivity index (χ0v) is 18.2. The van der Waals surface area contributed by atoms with Gasteiger partial charge >= 0.3 is 0 Å². The highest BCUT2D eigenvalue weighted by molar-refractivity contribution is 6.02. The molecule has 0 atom stereocenters. The summed E-state index contributed by atoms with van der Waals surface area (Å²) in [5.74, 6) is 0.425. The molecule has 0 fully saturated rings. The molecule has 0 aliphatic rings. The van der Waals surface area contributed by atoms with E-state index in [-0.39, 0.29) is 0 Å². The summed E-state index contributed by atoms with van der Waals surface area (Å²) < 4.78 is 0. The minimum atomic E-state index is 0.425. The first-order valence-electron chi connectivity index (χ1n) is 10.1. The van der Waals surface area contributed by atoms with Gasteiger partial charge in [0, 0.05) is 0 Å². The minimum Gasteiger partial charge on any atom is -0.251 e. The van der Waals surface area contributed by atoms with Crippen molar-refractivity contribution in [1.29, 1.82) is 0 Å². The molecule has 0 saturated carbocycles. The molecule has 3 rings (SSSR count). The van der Waals surface area contributed by atoms with Crippen molar-refractivity contribution in [2.75, 3.05) is 0 Å². The largest absolute Gasteiger partial charge is 0.251 e. The predicted molar refractivity (Wildman–Crippen MR) is 124 cm³/mol. The van der Waals surface area contributed by atoms with Gasteiger partial charge in [0.25, 0.3) is 0 Å². The molecular weight excluding hydrogens is 354 g/mol. The standard InChI is InChI=1S/C26H29N3/c1-17(2)22-13-7-8-14-25(22)27-20(5)23-15-10-16-24(29-23)21(6)28-26-18(3)11-9-12-19(26)4/h7-17H,1-6H3/b27-20+,28-21+. The van der Waals surface area contributed by atoms with Gasteiger partial charge in [-0.25, -0.2) is 4.98 Å². The lowest BCUT2D eigenvalue weighted by Gasteiger charge is -2.10. The van der Waals surface area contributed by atoms with Crippen molar-refractivity contribution in [1.82, 2.24) is 4.98 Å². The number of aryl methyl sites for hydroxylation is 2. The Morgan fingerprint density at radius 1 is 0.724 bits per heavy atom. The molecular formula is C26H29N3. The van der Waals surface area contributed by atoms with Gasteiger partial charge in [0.15, 0.2) is 0 Å². The fourth-order valence-corrected chi connectivity index (χ4v) is 3.36. The van der Waals surface area contributed by atoms with E-state index in [2.05, 4.69) is 64.1 Å². The molecule has 0 amide bonds. The first-order valence-corrected chi connectivity index (χ1v) is 10.1. The second-order valence-corrected chi connectivity index (χ2v) is 7.76. The van der Waals surface area contributed by atoms with Crippen LogP contribution in [0.25, 0.3) is 0 Å². The van der Waals surface area contributed by atoms with E-state index < -0.39 is 0 Å². The van der Waals surface area contributed by atoms with E-state index in [9.17, 15) is 0 Å². The fraction of sp³-hybridized carbons (Fsp3) is 0.269. The highest BCUT2D eigenvalue weighted by Gasteiger charge is 2.09. The summed E-state index contributed by atoms with van der Waals surface area (Å²) >= 11 is 0. The number of pyridine rings is 1. The third kappa shape index (κ3) is 4.86. The maximum Gasteiger partial charge on any atom is 0.0849 e. The molecule has 0 spiro atoms. The number of nitrogens with zero attached hydrogens (tertiary/aromatic N) is 3. The van der Waals surface area contributed by atoms with Crippen molar-refractivity contribution in [3.63, 3.8) is 0 Å². The van der Waals surface area contributed by atoms with Gasteiger partial charge in [0.05, 0.1) is 34.2 Å². The molecule has 148 valence electrons. The number of aromatic nitrogens is 1. The third-order valence-electron chi connectivity index (χ3n) is 5.06. The van der Waals surface area contributed by atoms with Crippen molar-refractivity contribution in [3.8, 4) is 0 Å². The van der Waals surface area contributed by atoms with Crippen molar-refractivity contribution in [2.24, 2.45) is 9.98 Å². The topological polar surface area (TPSA) is 37.6 Å². The number of rotatable bonds is 5. The summed E-state index contributed by atoms with van der Waals surface area (Å²) in [6, 6.07) is 20.6. The van der Waals surface area contributed by atoms with E-state index in [1.807, 2.05) is 38.1 Å². The molecule has 0 aliphatic carbocycles. The molecule has 3 heteroatoms. The van der Waals surface area contributed by atoms with E-state index in [1.54, 1.807) is 0 Å². The number of para-hydroxylation sites is 2. The first kappa shape index (κ1) is 20.7. The van der Waals surface area contributed by atoms with E-state index in [0.29, 0.717) is 5.92 Å². The van der Waals surface area contributed by atoms with Crippen LogP contribution in [0.4, 0.5) is 11.4 Å². The van der Waals surface area contributed by atoms with Gasteiger partial charge in [-0.15, -0.1) is 0 Å². The molecule has 29 heavy (non-hydrogen) atoms. The second-order valence-electron chi connectivity index (χ2n) is 7.76. The summed E-state index contributed by atoms with van der Waals surface area (Å²) in [6.45, 7) is 12.6. The molecule has 3 nitrogen and oxygen atoms in total. The Kier molecular flexibility index (Phi) is 6.38. The lowest BCUT2D eigenvalue weighted by molar-refractivity contribution is 0.867. The zero-order chi connectivity index (χ0) is 21.0. The summed E-state index contributed by atoms with van der Waals surface area (Å²) in [4.78, 5) is 14.6. The lowest BCUT2D eigenvalue weighted by Crippen LogP contribution is -2.05. The number of hydrogen-bond acceptors (Lipinski definition) is 3. The second kappa shape index (κ2) is 8.95. The van der Waals surface area contributed by atoms with E-state index in [0.717, 1.165) is 34.2 Å². The molecule has 1 aromatic heterocycles. The molecule has 0 radical (unpaired) electrons. The van der Waals surface area contributed by atoms with E-state index in [4.69, 9.17) is 15.0 Å². The van der Waals surface area contributed by atoms with Crippen molar-refractivity contribution in [3.05, 3.63) is 88.7 Å². The van der Waals surface area contributed by atoms with Crippen LogP contribution >= 0.6 is 0 Å². The Hall–Kier alpha value is -3.07. The van der Waals surface area contributed by atoms with Gasteiger partial charge in [-0.2, -0.15) is 0 Å². The maximum absolute atomic E-state index is 4.88. The smallest absolute Gasteiger partial charge is 0.0849 e. The summed E-state index contributed by atoms with van der Waals surface area (Å²) in [5, 5.41) is 0. The normalized spacial score (nSPS) is 12.5. The van der Waals surface area contributed by atoms with Crippen molar-refractivity contribution < 1.29 is 0 Å². The van der Waals surface area contributed by atoms with Gasteiger partial charge in [0.2, 0.25) is 0 Å². The van der Waals surface area contributed by atoms with Crippen LogP contribution in [0.15, 0.2) is 70.6 Å². The summed E-state index contributed by atoms with van der Waals surface area (Å²) in [5.41, 5.74) is 9.16. The third-order valence-corrected chi connectivity index (χ3v) is 5.06. The Bertz CT molecular complexity index is 1050. The van der Waals surface area contributed by atoms with Crippen LogP contribution < -0.4 is 0 Å². The van der Waals surface area contributed by atoms with Gasteiger partial charge < -0.3 is 0 Å². The van der Waals surface area contributed by atoms with Crippen LogP contribution in [0.3, 0.4) is 0 Å². The SMILES string of the molecule is C/C(=N\c1ccccc1C(C)C)c1cccc(/C(C)=N/c2c(C)cccc2C)n1. The van der Waals surface area contributed by atoms with Crippen LogP contribution in [0, 0.1) is 13.8 Å². The fourth-order valence-electron chi connectivity index (χ4n) is 3.36. The monoisotopic (exact) mass is 383 g/mol. The maximum atomic E-state index is 4.88. The van der Waals surface area contributed by atoms with Crippen molar-refractivity contribution in [2.45, 2.75) is 47.5 Å². The Labute approximate surface area is 174 Å². The quantitative estimate of drug-likeness (QED) is 0.433. The minimum absolute atomic E-state index is 0.425. The molecule has 0 aliphatic heterocycles. The van der Waals surface area contributed by atoms with Crippen LogP contribution in [-0.2, 0) is 0 Å². The Morgan fingerprint density at radius 2 is 1.28 bits per heavy atom. The highest BCUT2D eigenvalue weighted by atomic mass is 14.8. The average molecular weight is 384 g/mol.